The Hall–Kier alpha value is -3.35. The van der Waals surface area contributed by atoms with Crippen molar-refractivity contribution in [2.45, 2.75) is 0 Å². The molecule has 0 saturated heterocycles. The van der Waals surface area contributed by atoms with Gasteiger partial charge in [-0.1, -0.05) is 0 Å². The van der Waals surface area contributed by atoms with Gasteiger partial charge in [0.05, 0.1) is 16.8 Å². The highest BCUT2D eigenvalue weighted by molar-refractivity contribution is 5.99. The number of esters is 1. The summed E-state index contributed by atoms with van der Waals surface area (Å²) in [5.74, 6) is -3.17. The Kier molecular flexibility index (Phi) is 4.65. The molecule has 0 saturated carbocycles. The van der Waals surface area contributed by atoms with E-state index in [2.05, 4.69) is 5.10 Å². The Balaban J connectivity index is 1.64. The van der Waals surface area contributed by atoms with E-state index in [0.29, 0.717) is 0 Å². The van der Waals surface area contributed by atoms with E-state index in [1.807, 2.05) is 0 Å². The van der Waals surface area contributed by atoms with E-state index >= 15 is 0 Å². The third-order valence-corrected chi connectivity index (χ3v) is 3.44. The van der Waals surface area contributed by atoms with Crippen molar-refractivity contribution < 1.29 is 23.1 Å². The molecule has 0 N–H and O–H groups in total. The minimum absolute atomic E-state index is 0.225. The van der Waals surface area contributed by atoms with Crippen LogP contribution in [0.2, 0.25) is 0 Å². The van der Waals surface area contributed by atoms with Crippen molar-refractivity contribution in [2.24, 2.45) is 0 Å². The van der Waals surface area contributed by atoms with Gasteiger partial charge in [0.25, 0.3) is 0 Å². The molecule has 3 rings (SSSR count). The molecule has 0 fully saturated rings. The predicted octanol–water partition coefficient (Wildman–Crippen LogP) is 3.19. The third-order valence-electron chi connectivity index (χ3n) is 3.44. The molecule has 3 aromatic rings. The summed E-state index contributed by atoms with van der Waals surface area (Å²) in [7, 11) is 0. The smallest absolute Gasteiger partial charge is 0.338 e. The van der Waals surface area contributed by atoms with Crippen molar-refractivity contribution in [1.29, 1.82) is 0 Å². The highest BCUT2D eigenvalue weighted by Crippen LogP contribution is 2.12. The Bertz CT molecular complexity index is 907. The quantitative estimate of drug-likeness (QED) is 0.528. The second-order valence-corrected chi connectivity index (χ2v) is 5.12. The molecule has 126 valence electrons. The van der Waals surface area contributed by atoms with Gasteiger partial charge in [0, 0.05) is 12.4 Å². The van der Waals surface area contributed by atoms with Gasteiger partial charge in [0.1, 0.15) is 11.6 Å². The topological polar surface area (TPSA) is 61.2 Å². The fraction of sp³-hybridized carbons (Fsp3) is 0.0556. The second-order valence-electron chi connectivity index (χ2n) is 5.12. The number of hydrogen-bond acceptors (Lipinski definition) is 4. The fourth-order valence-electron chi connectivity index (χ4n) is 2.18. The molecule has 25 heavy (non-hydrogen) atoms. The molecule has 1 heterocycles. The maximum atomic E-state index is 13.5. The number of carbonyl (C=O) groups is 2. The summed E-state index contributed by atoms with van der Waals surface area (Å²) in [6, 6.07) is 10.6. The molecule has 0 aliphatic rings. The Morgan fingerprint density at radius 2 is 1.84 bits per heavy atom. The van der Waals surface area contributed by atoms with E-state index in [1.165, 1.54) is 12.1 Å². The van der Waals surface area contributed by atoms with Crippen molar-refractivity contribution >= 4 is 11.8 Å². The summed E-state index contributed by atoms with van der Waals surface area (Å²) in [6.45, 7) is -0.680. The lowest BCUT2D eigenvalue weighted by molar-refractivity contribution is 0.0473. The minimum atomic E-state index is -0.869. The first-order valence-corrected chi connectivity index (χ1v) is 7.30. The minimum Gasteiger partial charge on any atom is -0.454 e. The van der Waals surface area contributed by atoms with Crippen LogP contribution in [0.1, 0.15) is 20.7 Å². The Morgan fingerprint density at radius 1 is 1.08 bits per heavy atom. The second kappa shape index (κ2) is 7.04. The van der Waals surface area contributed by atoms with Gasteiger partial charge in [-0.2, -0.15) is 5.10 Å². The molecule has 1 aromatic heterocycles. The third kappa shape index (κ3) is 3.77. The zero-order valence-electron chi connectivity index (χ0n) is 12.9. The zero-order chi connectivity index (χ0) is 17.8. The van der Waals surface area contributed by atoms with E-state index in [9.17, 15) is 18.4 Å². The molecule has 0 aliphatic heterocycles. The molecule has 0 unspecified atom stereocenters. The van der Waals surface area contributed by atoms with Crippen LogP contribution < -0.4 is 0 Å². The van der Waals surface area contributed by atoms with Crippen molar-refractivity contribution in [3.63, 3.8) is 0 Å². The summed E-state index contributed by atoms with van der Waals surface area (Å²) >= 11 is 0. The largest absolute Gasteiger partial charge is 0.454 e. The molecule has 0 atom stereocenters. The average Bonchev–Trinajstić information content (AvgIpc) is 3.16. The van der Waals surface area contributed by atoms with Crippen molar-refractivity contribution in [3.8, 4) is 5.69 Å². The number of halogens is 2. The van der Waals surface area contributed by atoms with Gasteiger partial charge in [-0.15, -0.1) is 0 Å². The van der Waals surface area contributed by atoms with Crippen molar-refractivity contribution in [1.82, 2.24) is 9.78 Å². The first-order valence-electron chi connectivity index (χ1n) is 7.30. The van der Waals surface area contributed by atoms with Gasteiger partial charge in [-0.3, -0.25) is 4.79 Å². The molecule has 0 spiro atoms. The summed E-state index contributed by atoms with van der Waals surface area (Å²) in [5.41, 5.74) is 0.518. The number of carbonyl (C=O) groups excluding carboxylic acids is 2. The van der Waals surface area contributed by atoms with Crippen LogP contribution in [0.15, 0.2) is 60.9 Å². The normalized spacial score (nSPS) is 10.5. The molecule has 2 aromatic carbocycles. The van der Waals surface area contributed by atoms with E-state index in [4.69, 9.17) is 4.74 Å². The van der Waals surface area contributed by atoms with Crippen LogP contribution in [0.4, 0.5) is 8.78 Å². The van der Waals surface area contributed by atoms with Crippen LogP contribution in [0.5, 0.6) is 0 Å². The number of aromatic nitrogens is 2. The number of hydrogen-bond donors (Lipinski definition) is 0. The molecule has 5 nitrogen and oxygen atoms in total. The SMILES string of the molecule is O=C(OCC(=O)c1cc(F)ccc1F)c1ccc(-n2cccn2)cc1. The van der Waals surface area contributed by atoms with Crippen molar-refractivity contribution in [3.05, 3.63) is 83.7 Å². The lowest BCUT2D eigenvalue weighted by atomic mass is 10.1. The van der Waals surface area contributed by atoms with Gasteiger partial charge < -0.3 is 4.74 Å². The standard InChI is InChI=1S/C18H12F2N2O3/c19-13-4-7-16(20)15(10-13)17(23)11-25-18(24)12-2-5-14(6-3-12)22-9-1-8-21-22/h1-10H,11H2. The molecule has 0 aliphatic carbocycles. The average molecular weight is 342 g/mol. The molecular formula is C18H12F2N2O3. The summed E-state index contributed by atoms with van der Waals surface area (Å²) in [5, 5.41) is 4.06. The Morgan fingerprint density at radius 3 is 2.52 bits per heavy atom. The number of nitrogens with zero attached hydrogens (tertiary/aromatic N) is 2. The van der Waals surface area contributed by atoms with Gasteiger partial charge in [-0.25, -0.2) is 18.3 Å². The summed E-state index contributed by atoms with van der Waals surface area (Å²) in [6.07, 6.45) is 3.37. The van der Waals surface area contributed by atoms with Crippen LogP contribution in [0.3, 0.4) is 0 Å². The van der Waals surface area contributed by atoms with E-state index in [-0.39, 0.29) is 5.56 Å². The van der Waals surface area contributed by atoms with E-state index in [0.717, 1.165) is 23.9 Å². The molecule has 0 radical (unpaired) electrons. The number of rotatable bonds is 5. The van der Waals surface area contributed by atoms with Crippen LogP contribution >= 0.6 is 0 Å². The first-order chi connectivity index (χ1) is 12.0. The molecular weight excluding hydrogens is 330 g/mol. The maximum absolute atomic E-state index is 13.5. The molecule has 0 amide bonds. The number of benzene rings is 2. The lowest BCUT2D eigenvalue weighted by Crippen LogP contribution is -2.15. The highest BCUT2D eigenvalue weighted by atomic mass is 19.1. The number of Topliss-reactive ketones (excluding diaryl/α,β-unsaturated/α-hetero) is 1. The lowest BCUT2D eigenvalue weighted by Gasteiger charge is -2.06. The van der Waals surface area contributed by atoms with Gasteiger partial charge in [0.15, 0.2) is 6.61 Å². The van der Waals surface area contributed by atoms with E-state index in [1.54, 1.807) is 35.3 Å². The summed E-state index contributed by atoms with van der Waals surface area (Å²) < 4.78 is 33.1. The maximum Gasteiger partial charge on any atom is 0.338 e. The number of ether oxygens (including phenoxy) is 1. The van der Waals surface area contributed by atoms with Gasteiger partial charge in [0.2, 0.25) is 5.78 Å². The number of ketones is 1. The highest BCUT2D eigenvalue weighted by Gasteiger charge is 2.16. The van der Waals surface area contributed by atoms with Crippen LogP contribution in [-0.2, 0) is 4.74 Å². The van der Waals surface area contributed by atoms with Crippen LogP contribution in [0.25, 0.3) is 5.69 Å². The van der Waals surface area contributed by atoms with Crippen LogP contribution in [0, 0.1) is 11.6 Å². The van der Waals surface area contributed by atoms with E-state index < -0.39 is 35.6 Å². The fourth-order valence-corrected chi connectivity index (χ4v) is 2.18. The molecule has 7 heteroatoms. The predicted molar refractivity (Wildman–Crippen MR) is 84.5 cm³/mol. The monoisotopic (exact) mass is 342 g/mol. The van der Waals surface area contributed by atoms with Crippen molar-refractivity contribution in [2.75, 3.05) is 6.61 Å². The van der Waals surface area contributed by atoms with Gasteiger partial charge >= 0.3 is 5.97 Å². The Labute approximate surface area is 141 Å². The van der Waals surface area contributed by atoms with Gasteiger partial charge in [-0.05, 0) is 48.5 Å². The first kappa shape index (κ1) is 16.5. The van der Waals surface area contributed by atoms with Crippen LogP contribution in [-0.4, -0.2) is 28.1 Å². The zero-order valence-corrected chi connectivity index (χ0v) is 12.9. The molecule has 0 bridgehead atoms. The summed E-state index contributed by atoms with van der Waals surface area (Å²) in [4.78, 5) is 23.8.